The molecule has 12 heavy (non-hydrogen) atoms. The molecular formula is C10H16N2. The summed E-state index contributed by atoms with van der Waals surface area (Å²) in [5, 5.41) is 0. The molecule has 1 aromatic carbocycles. The molecule has 0 amide bonds. The molecule has 0 aromatic heterocycles. The highest BCUT2D eigenvalue weighted by molar-refractivity contribution is 5.22. The summed E-state index contributed by atoms with van der Waals surface area (Å²) in [6.07, 6.45) is 0.935. The molecule has 0 aliphatic heterocycles. The standard InChI is InChI=1S/C10H16N2/c1-8(12)6-9-2-4-10(7-11)5-3-9/h2-5,8H,6-7,11-12H2,1H3. The fourth-order valence-electron chi connectivity index (χ4n) is 1.18. The highest BCUT2D eigenvalue weighted by Crippen LogP contribution is 2.05. The molecule has 4 N–H and O–H groups in total. The van der Waals surface area contributed by atoms with Gasteiger partial charge in [-0.05, 0) is 24.5 Å². The van der Waals surface area contributed by atoms with Gasteiger partial charge in [0.25, 0.3) is 0 Å². The summed E-state index contributed by atoms with van der Waals surface area (Å²) in [6.45, 7) is 2.62. The Labute approximate surface area is 73.6 Å². The third-order valence-electron chi connectivity index (χ3n) is 1.82. The van der Waals surface area contributed by atoms with Gasteiger partial charge in [-0.25, -0.2) is 0 Å². The molecule has 0 bridgehead atoms. The van der Waals surface area contributed by atoms with Gasteiger partial charge >= 0.3 is 0 Å². The van der Waals surface area contributed by atoms with E-state index in [-0.39, 0.29) is 6.04 Å². The van der Waals surface area contributed by atoms with Gasteiger partial charge < -0.3 is 11.5 Å². The number of hydrogen-bond donors (Lipinski definition) is 2. The largest absolute Gasteiger partial charge is 0.328 e. The predicted molar refractivity (Wildman–Crippen MR) is 51.7 cm³/mol. The maximum Gasteiger partial charge on any atom is 0.0178 e. The lowest BCUT2D eigenvalue weighted by Crippen LogP contribution is -2.17. The lowest BCUT2D eigenvalue weighted by Gasteiger charge is -2.05. The van der Waals surface area contributed by atoms with Gasteiger partial charge in [0.15, 0.2) is 0 Å². The molecule has 0 radical (unpaired) electrons. The summed E-state index contributed by atoms with van der Waals surface area (Å²) in [4.78, 5) is 0. The van der Waals surface area contributed by atoms with Crippen molar-refractivity contribution in [2.45, 2.75) is 25.9 Å². The van der Waals surface area contributed by atoms with Gasteiger partial charge in [-0.3, -0.25) is 0 Å². The molecular weight excluding hydrogens is 148 g/mol. The Hall–Kier alpha value is -0.860. The zero-order valence-corrected chi connectivity index (χ0v) is 7.46. The fourth-order valence-corrected chi connectivity index (χ4v) is 1.18. The van der Waals surface area contributed by atoms with E-state index in [9.17, 15) is 0 Å². The molecule has 1 rings (SSSR count). The summed E-state index contributed by atoms with van der Waals surface area (Å²) in [6, 6.07) is 8.51. The zero-order chi connectivity index (χ0) is 8.97. The van der Waals surface area contributed by atoms with Crippen LogP contribution in [0.4, 0.5) is 0 Å². The molecule has 0 aliphatic rings. The van der Waals surface area contributed by atoms with Crippen LogP contribution in [0.25, 0.3) is 0 Å². The van der Waals surface area contributed by atoms with Gasteiger partial charge in [0.05, 0.1) is 0 Å². The average molecular weight is 164 g/mol. The van der Waals surface area contributed by atoms with E-state index in [0.29, 0.717) is 6.54 Å². The molecule has 0 saturated heterocycles. The van der Waals surface area contributed by atoms with Crippen LogP contribution in [0.15, 0.2) is 24.3 Å². The molecule has 0 aliphatic carbocycles. The lowest BCUT2D eigenvalue weighted by molar-refractivity contribution is 0.738. The zero-order valence-electron chi connectivity index (χ0n) is 7.46. The van der Waals surface area contributed by atoms with Gasteiger partial charge in [-0.2, -0.15) is 0 Å². The highest BCUT2D eigenvalue weighted by Gasteiger charge is 1.96. The Morgan fingerprint density at radius 1 is 1.17 bits per heavy atom. The van der Waals surface area contributed by atoms with E-state index in [0.717, 1.165) is 6.42 Å². The van der Waals surface area contributed by atoms with Crippen molar-refractivity contribution >= 4 is 0 Å². The SMILES string of the molecule is CC(N)Cc1ccc(CN)cc1. The van der Waals surface area contributed by atoms with E-state index < -0.39 is 0 Å². The molecule has 0 heterocycles. The Kier molecular flexibility index (Phi) is 3.26. The monoisotopic (exact) mass is 164 g/mol. The highest BCUT2D eigenvalue weighted by atomic mass is 14.6. The summed E-state index contributed by atoms with van der Waals surface area (Å²) in [5.41, 5.74) is 13.6. The Morgan fingerprint density at radius 3 is 2.08 bits per heavy atom. The molecule has 1 unspecified atom stereocenters. The van der Waals surface area contributed by atoms with Gasteiger partial charge in [0, 0.05) is 12.6 Å². The van der Waals surface area contributed by atoms with Crippen molar-refractivity contribution in [1.29, 1.82) is 0 Å². The van der Waals surface area contributed by atoms with Crippen LogP contribution in [0.5, 0.6) is 0 Å². The van der Waals surface area contributed by atoms with Crippen LogP contribution < -0.4 is 11.5 Å². The fraction of sp³-hybridized carbons (Fsp3) is 0.400. The number of benzene rings is 1. The Morgan fingerprint density at radius 2 is 1.67 bits per heavy atom. The van der Waals surface area contributed by atoms with E-state index in [1.807, 2.05) is 6.92 Å². The van der Waals surface area contributed by atoms with Crippen LogP contribution in [0.1, 0.15) is 18.1 Å². The van der Waals surface area contributed by atoms with Gasteiger partial charge in [0.1, 0.15) is 0 Å². The summed E-state index contributed by atoms with van der Waals surface area (Å²) in [5.74, 6) is 0. The first-order chi connectivity index (χ1) is 5.72. The van der Waals surface area contributed by atoms with E-state index >= 15 is 0 Å². The minimum absolute atomic E-state index is 0.230. The summed E-state index contributed by atoms with van der Waals surface area (Å²) >= 11 is 0. The molecule has 66 valence electrons. The van der Waals surface area contributed by atoms with Crippen LogP contribution in [-0.4, -0.2) is 6.04 Å². The van der Waals surface area contributed by atoms with Crippen LogP contribution in [0.2, 0.25) is 0 Å². The van der Waals surface area contributed by atoms with Gasteiger partial charge in [-0.15, -0.1) is 0 Å². The number of rotatable bonds is 3. The van der Waals surface area contributed by atoms with Crippen molar-refractivity contribution < 1.29 is 0 Å². The predicted octanol–water partition coefficient (Wildman–Crippen LogP) is 1.03. The van der Waals surface area contributed by atoms with Gasteiger partial charge in [0.2, 0.25) is 0 Å². The minimum atomic E-state index is 0.230. The van der Waals surface area contributed by atoms with Crippen LogP contribution in [0, 0.1) is 0 Å². The molecule has 2 heteroatoms. The van der Waals surface area contributed by atoms with Crippen LogP contribution in [-0.2, 0) is 13.0 Å². The maximum atomic E-state index is 5.67. The topological polar surface area (TPSA) is 52.0 Å². The Bertz CT molecular complexity index is 226. The molecule has 1 atom stereocenters. The quantitative estimate of drug-likeness (QED) is 0.701. The van der Waals surface area contributed by atoms with Crippen molar-refractivity contribution in [1.82, 2.24) is 0 Å². The first-order valence-electron chi connectivity index (χ1n) is 4.26. The lowest BCUT2D eigenvalue weighted by atomic mass is 10.1. The first-order valence-corrected chi connectivity index (χ1v) is 4.26. The maximum absolute atomic E-state index is 5.67. The molecule has 1 aromatic rings. The third kappa shape index (κ3) is 2.64. The molecule has 0 fully saturated rings. The second-order valence-electron chi connectivity index (χ2n) is 3.20. The van der Waals surface area contributed by atoms with Crippen molar-refractivity contribution in [2.24, 2.45) is 11.5 Å². The third-order valence-corrected chi connectivity index (χ3v) is 1.82. The smallest absolute Gasteiger partial charge is 0.0178 e. The summed E-state index contributed by atoms with van der Waals surface area (Å²) in [7, 11) is 0. The van der Waals surface area contributed by atoms with E-state index in [2.05, 4.69) is 24.3 Å². The van der Waals surface area contributed by atoms with Crippen molar-refractivity contribution in [3.05, 3.63) is 35.4 Å². The molecule has 2 nitrogen and oxygen atoms in total. The van der Waals surface area contributed by atoms with Crippen molar-refractivity contribution in [2.75, 3.05) is 0 Å². The Balaban J connectivity index is 2.65. The van der Waals surface area contributed by atoms with E-state index in [4.69, 9.17) is 11.5 Å². The minimum Gasteiger partial charge on any atom is -0.328 e. The second kappa shape index (κ2) is 4.24. The van der Waals surface area contributed by atoms with Gasteiger partial charge in [-0.1, -0.05) is 24.3 Å². The summed E-state index contributed by atoms with van der Waals surface area (Å²) < 4.78 is 0. The normalized spacial score (nSPS) is 12.9. The first kappa shape index (κ1) is 9.23. The molecule has 0 saturated carbocycles. The van der Waals surface area contributed by atoms with Crippen molar-refractivity contribution in [3.63, 3.8) is 0 Å². The van der Waals surface area contributed by atoms with E-state index in [1.54, 1.807) is 0 Å². The average Bonchev–Trinajstić information content (AvgIpc) is 2.05. The molecule has 0 spiro atoms. The van der Waals surface area contributed by atoms with E-state index in [1.165, 1.54) is 11.1 Å². The van der Waals surface area contributed by atoms with Crippen LogP contribution in [0.3, 0.4) is 0 Å². The number of nitrogens with two attached hydrogens (primary N) is 2. The van der Waals surface area contributed by atoms with Crippen molar-refractivity contribution in [3.8, 4) is 0 Å². The number of hydrogen-bond acceptors (Lipinski definition) is 2. The van der Waals surface area contributed by atoms with Crippen LogP contribution >= 0.6 is 0 Å². The second-order valence-corrected chi connectivity index (χ2v) is 3.20.